The predicted molar refractivity (Wildman–Crippen MR) is 161 cm³/mol. The number of halogens is 2. The Morgan fingerprint density at radius 3 is 2.45 bits per heavy atom. The van der Waals surface area contributed by atoms with Crippen LogP contribution in [0.25, 0.3) is 28.0 Å². The molecule has 8 heteroatoms. The molecule has 6 rings (SSSR count). The number of hydrogen-bond donors (Lipinski definition) is 1. The van der Waals surface area contributed by atoms with Crippen molar-refractivity contribution >= 4 is 28.6 Å². The Labute approximate surface area is 239 Å². The summed E-state index contributed by atoms with van der Waals surface area (Å²) in [4.78, 5) is 7.65. The molecule has 1 saturated heterocycles. The fourth-order valence-corrected chi connectivity index (χ4v) is 5.77. The van der Waals surface area contributed by atoms with Crippen LogP contribution >= 0.6 is 11.6 Å². The molecule has 3 heterocycles. The van der Waals surface area contributed by atoms with Gasteiger partial charge in [0.2, 0.25) is 5.95 Å². The highest BCUT2D eigenvalue weighted by Crippen LogP contribution is 2.37. The van der Waals surface area contributed by atoms with Gasteiger partial charge < -0.3 is 14.8 Å². The van der Waals surface area contributed by atoms with Crippen LogP contribution < -0.4 is 10.2 Å². The summed E-state index contributed by atoms with van der Waals surface area (Å²) in [5, 5.41) is 8.30. The monoisotopic (exact) mass is 556 g/mol. The Morgan fingerprint density at radius 1 is 1.00 bits per heavy atom. The molecule has 0 amide bonds. The van der Waals surface area contributed by atoms with Crippen molar-refractivity contribution in [3.63, 3.8) is 0 Å². The molecular weight excluding hydrogens is 523 g/mol. The molecule has 5 aromatic rings. The van der Waals surface area contributed by atoms with Crippen LogP contribution in [0.3, 0.4) is 0 Å². The maximum Gasteiger partial charge on any atom is 0.206 e. The Kier molecular flexibility index (Phi) is 7.11. The molecule has 1 N–H and O–H groups in total. The first-order valence-corrected chi connectivity index (χ1v) is 14.2. The number of piperazine rings is 1. The number of imidazole rings is 1. The second-order valence-electron chi connectivity index (χ2n) is 10.9. The number of anilines is 1. The van der Waals surface area contributed by atoms with Crippen molar-refractivity contribution in [2.24, 2.45) is 0 Å². The topological polar surface area (TPSA) is 50.9 Å². The van der Waals surface area contributed by atoms with Crippen LogP contribution in [0.5, 0.6) is 0 Å². The highest BCUT2D eigenvalue weighted by molar-refractivity contribution is 6.30. The molecule has 6 nitrogen and oxygen atoms in total. The first kappa shape index (κ1) is 26.5. The van der Waals surface area contributed by atoms with E-state index < -0.39 is 5.82 Å². The number of nitrogens with one attached hydrogen (secondary N) is 1. The van der Waals surface area contributed by atoms with E-state index in [2.05, 4.69) is 78.9 Å². The molecule has 1 fully saturated rings. The van der Waals surface area contributed by atoms with E-state index in [0.717, 1.165) is 65.7 Å². The fourth-order valence-electron chi connectivity index (χ4n) is 5.57. The lowest BCUT2D eigenvalue weighted by Gasteiger charge is -2.29. The number of hydrogen-bond acceptors (Lipinski definition) is 4. The van der Waals surface area contributed by atoms with Crippen molar-refractivity contribution in [3.05, 3.63) is 93.9 Å². The lowest BCUT2D eigenvalue weighted by atomic mass is 9.98. The Balaban J connectivity index is 1.55. The smallest absolute Gasteiger partial charge is 0.206 e. The average molecular weight is 557 g/mol. The van der Waals surface area contributed by atoms with Gasteiger partial charge in [-0.2, -0.15) is 5.10 Å². The van der Waals surface area contributed by atoms with Crippen LogP contribution in [0.15, 0.2) is 60.8 Å². The second-order valence-corrected chi connectivity index (χ2v) is 11.3. The number of aryl methyl sites for hydroxylation is 1. The van der Waals surface area contributed by atoms with E-state index in [0.29, 0.717) is 12.5 Å². The Bertz CT molecular complexity index is 1680. The van der Waals surface area contributed by atoms with Crippen molar-refractivity contribution in [1.29, 1.82) is 0 Å². The maximum atomic E-state index is 14.0. The normalized spacial score (nSPS) is 14.0. The lowest BCUT2D eigenvalue weighted by Crippen LogP contribution is -2.44. The van der Waals surface area contributed by atoms with Gasteiger partial charge in [-0.05, 0) is 78.4 Å². The van der Waals surface area contributed by atoms with Crippen LogP contribution in [-0.4, -0.2) is 45.5 Å². The summed E-state index contributed by atoms with van der Waals surface area (Å²) >= 11 is 6.17. The van der Waals surface area contributed by atoms with Gasteiger partial charge in [0.25, 0.3) is 0 Å². The van der Waals surface area contributed by atoms with Gasteiger partial charge in [0.1, 0.15) is 11.3 Å². The third-order valence-electron chi connectivity index (χ3n) is 7.97. The molecule has 0 atom stereocenters. The molecule has 0 spiro atoms. The SMILES string of the molecule is Cc1cc2c(nc(N3CCNCC3)n2Cc2ccc(F)c(Cl)c2)c(-c2ccnn2-c2ccc(C(C)C)cc2)c1C. The zero-order valence-corrected chi connectivity index (χ0v) is 24.1. The van der Waals surface area contributed by atoms with Crippen LogP contribution in [0.2, 0.25) is 5.02 Å². The molecule has 0 radical (unpaired) electrons. The minimum absolute atomic E-state index is 0.130. The van der Waals surface area contributed by atoms with Gasteiger partial charge in [0.05, 0.1) is 34.7 Å². The number of rotatable bonds is 6. The van der Waals surface area contributed by atoms with Crippen LogP contribution in [0, 0.1) is 19.7 Å². The molecule has 0 unspecified atom stereocenters. The van der Waals surface area contributed by atoms with Crippen molar-refractivity contribution in [2.75, 3.05) is 31.1 Å². The Hall–Kier alpha value is -3.68. The van der Waals surface area contributed by atoms with E-state index in [-0.39, 0.29) is 5.02 Å². The van der Waals surface area contributed by atoms with Crippen molar-refractivity contribution in [2.45, 2.75) is 40.2 Å². The molecule has 3 aromatic carbocycles. The first-order chi connectivity index (χ1) is 19.3. The summed E-state index contributed by atoms with van der Waals surface area (Å²) in [6, 6.07) is 17.9. The minimum Gasteiger partial charge on any atom is -0.340 e. The summed E-state index contributed by atoms with van der Waals surface area (Å²) in [6.07, 6.45) is 1.86. The fraction of sp³-hybridized carbons (Fsp3) is 0.312. The second kappa shape index (κ2) is 10.7. The minimum atomic E-state index is -0.410. The molecule has 1 aliphatic heterocycles. The van der Waals surface area contributed by atoms with Crippen molar-refractivity contribution < 1.29 is 4.39 Å². The molecule has 40 heavy (non-hydrogen) atoms. The molecule has 2 aromatic heterocycles. The quantitative estimate of drug-likeness (QED) is 0.248. The van der Waals surface area contributed by atoms with Gasteiger partial charge in [-0.15, -0.1) is 0 Å². The van der Waals surface area contributed by atoms with Crippen molar-refractivity contribution in [1.82, 2.24) is 24.6 Å². The first-order valence-electron chi connectivity index (χ1n) is 13.9. The summed E-state index contributed by atoms with van der Waals surface area (Å²) in [5.74, 6) is 0.968. The van der Waals surface area contributed by atoms with Gasteiger partial charge >= 0.3 is 0 Å². The zero-order valence-electron chi connectivity index (χ0n) is 23.4. The van der Waals surface area contributed by atoms with E-state index in [1.54, 1.807) is 12.1 Å². The number of aromatic nitrogens is 4. The van der Waals surface area contributed by atoms with Gasteiger partial charge in [-0.1, -0.05) is 43.6 Å². The number of fused-ring (bicyclic) bond motifs is 1. The lowest BCUT2D eigenvalue weighted by molar-refractivity contribution is 0.571. The molecule has 0 bridgehead atoms. The molecule has 0 saturated carbocycles. The highest BCUT2D eigenvalue weighted by Gasteiger charge is 2.24. The van der Waals surface area contributed by atoms with Crippen LogP contribution in [0.4, 0.5) is 10.3 Å². The summed E-state index contributed by atoms with van der Waals surface area (Å²) in [7, 11) is 0. The zero-order chi connectivity index (χ0) is 28.0. The van der Waals surface area contributed by atoms with Crippen molar-refractivity contribution in [3.8, 4) is 16.9 Å². The third kappa shape index (κ3) is 4.78. The van der Waals surface area contributed by atoms with Gasteiger partial charge in [-0.3, -0.25) is 0 Å². The van der Waals surface area contributed by atoms with Gasteiger partial charge in [0.15, 0.2) is 0 Å². The largest absolute Gasteiger partial charge is 0.340 e. The van der Waals surface area contributed by atoms with E-state index in [1.165, 1.54) is 22.8 Å². The molecule has 1 aliphatic rings. The standard InChI is InChI=1S/C32H34ClFN6/c1-20(2)24-6-8-25(9-7-24)40-28(11-12-36-40)30-22(4)21(3)17-29-31(30)37-32(38-15-13-35-14-16-38)39(29)19-23-5-10-27(34)26(33)18-23/h5-12,17-18,20,35H,13-16,19H2,1-4H3. The number of benzene rings is 3. The maximum absolute atomic E-state index is 14.0. The Morgan fingerprint density at radius 2 is 1.75 bits per heavy atom. The van der Waals surface area contributed by atoms with E-state index in [4.69, 9.17) is 21.7 Å². The molecular formula is C32H34ClFN6. The summed E-state index contributed by atoms with van der Waals surface area (Å²) < 4.78 is 18.2. The van der Waals surface area contributed by atoms with Gasteiger partial charge in [-0.25, -0.2) is 14.1 Å². The molecule has 0 aliphatic carbocycles. The van der Waals surface area contributed by atoms with E-state index >= 15 is 0 Å². The molecule has 206 valence electrons. The summed E-state index contributed by atoms with van der Waals surface area (Å²) in [5.41, 5.74) is 9.65. The van der Waals surface area contributed by atoms with Gasteiger partial charge in [0, 0.05) is 31.7 Å². The third-order valence-corrected chi connectivity index (χ3v) is 8.26. The van der Waals surface area contributed by atoms with E-state index in [9.17, 15) is 4.39 Å². The van der Waals surface area contributed by atoms with Crippen LogP contribution in [0.1, 0.15) is 42.0 Å². The van der Waals surface area contributed by atoms with Crippen LogP contribution in [-0.2, 0) is 6.54 Å². The number of nitrogens with zero attached hydrogens (tertiary/aromatic N) is 5. The highest BCUT2D eigenvalue weighted by atomic mass is 35.5. The average Bonchev–Trinajstić information content (AvgIpc) is 3.57. The summed E-state index contributed by atoms with van der Waals surface area (Å²) in [6.45, 7) is 12.8. The predicted octanol–water partition coefficient (Wildman–Crippen LogP) is 6.88. The van der Waals surface area contributed by atoms with E-state index in [1.807, 2.05) is 10.9 Å².